The lowest BCUT2D eigenvalue weighted by atomic mass is 10.1. The smallest absolute Gasteiger partial charge is 0.175 e. The molecule has 27 heteroatoms. The average molecular weight is 1840 g/mol. The van der Waals surface area contributed by atoms with Crippen molar-refractivity contribution in [2.75, 3.05) is 18.8 Å². The summed E-state index contributed by atoms with van der Waals surface area (Å²) in [6, 6.07) is 101. The van der Waals surface area contributed by atoms with Gasteiger partial charge in [0.15, 0.2) is 9.84 Å². The number of benzene rings is 10. The van der Waals surface area contributed by atoms with Gasteiger partial charge in [0.2, 0.25) is 0 Å². The van der Waals surface area contributed by atoms with E-state index in [4.69, 9.17) is 20.4 Å². The molecule has 0 saturated carbocycles. The summed E-state index contributed by atoms with van der Waals surface area (Å²) in [5.74, 6) is -1.42. The highest BCUT2D eigenvalue weighted by Gasteiger charge is 2.23. The Morgan fingerprint density at radius 2 is 0.562 bits per heavy atom. The molecule has 10 aromatic carbocycles. The number of aromatic nitrogens is 15. The summed E-state index contributed by atoms with van der Waals surface area (Å²) in [5, 5.41) is 23.7. The van der Waals surface area contributed by atoms with Crippen molar-refractivity contribution in [2.45, 2.75) is 14.7 Å². The van der Waals surface area contributed by atoms with Gasteiger partial charge in [-0.25, -0.2) is 53.8 Å². The number of hydrogen-bond donors (Lipinski definition) is 0. The Bertz CT molecular complexity index is 7310. The van der Waals surface area contributed by atoms with Crippen LogP contribution in [0, 0.1) is 29.1 Å². The third kappa shape index (κ3) is 21.3. The highest BCUT2D eigenvalue weighted by atomic mass is 79.9. The van der Waals surface area contributed by atoms with E-state index in [9.17, 15) is 34.6 Å². The molecule has 0 saturated heterocycles. The number of hydrogen-bond acceptors (Lipinski definition) is 14. The Kier molecular flexibility index (Phi) is 27.7. The van der Waals surface area contributed by atoms with E-state index in [2.05, 4.69) is 76.5 Å². The van der Waals surface area contributed by atoms with Gasteiger partial charge in [0.25, 0.3) is 0 Å². The van der Waals surface area contributed by atoms with Crippen LogP contribution in [0.3, 0.4) is 0 Å². The SMILES string of the molecule is CS(=O)(=O)c1ccc(-c2cc(-c3ccncc3)n(-c3ccc(F)cc3)n2)cc1.CS(=O)c1ccc(-c2cc(-c3ccncc3)n(-c3ccc(F)cc3)n2)cc1.CSc1ccc(-c2cc(-c3ccncc3)n(-c3ccc(F)cc3)n2)cc1.Fc1ccc(-n2nc(-c3ccccc3)c(Br)c2-c2ccncc2)cc1.Fc1ccc(-n2nc(-c3ccccc3)cc2-c2ccncc2)cc1. The zero-order chi connectivity index (χ0) is 90.0. The second-order valence-corrected chi connectivity index (χ2v) is 34.1. The predicted octanol–water partition coefficient (Wildman–Crippen LogP) is 24.3. The van der Waals surface area contributed by atoms with Gasteiger partial charge in [-0.2, -0.15) is 25.5 Å². The van der Waals surface area contributed by atoms with E-state index in [1.54, 1.807) is 174 Å². The van der Waals surface area contributed by atoms with E-state index >= 15 is 0 Å². The largest absolute Gasteiger partial charge is 0.265 e. The third-order valence-electron chi connectivity index (χ3n) is 20.4. The fourth-order valence-corrected chi connectivity index (χ4v) is 16.1. The number of halogens is 6. The van der Waals surface area contributed by atoms with E-state index in [0.29, 0.717) is 11.4 Å². The highest BCUT2D eigenvalue weighted by molar-refractivity contribution is 9.10. The minimum atomic E-state index is -3.26. The number of nitrogens with zero attached hydrogens (tertiary/aromatic N) is 15. The summed E-state index contributed by atoms with van der Waals surface area (Å²) in [6.07, 6.45) is 22.2. The van der Waals surface area contributed by atoms with E-state index in [0.717, 1.165) is 139 Å². The van der Waals surface area contributed by atoms with E-state index in [1.807, 2.05) is 184 Å². The second kappa shape index (κ2) is 40.9. The maximum atomic E-state index is 13.3. The van der Waals surface area contributed by atoms with Gasteiger partial charge in [0, 0.05) is 151 Å². The molecule has 0 radical (unpaired) electrons. The summed E-state index contributed by atoms with van der Waals surface area (Å²) in [6.45, 7) is 0. The predicted molar refractivity (Wildman–Crippen MR) is 506 cm³/mol. The first-order valence-electron chi connectivity index (χ1n) is 40.3. The van der Waals surface area contributed by atoms with Crippen molar-refractivity contribution in [1.82, 2.24) is 73.8 Å². The van der Waals surface area contributed by atoms with Crippen molar-refractivity contribution in [3.63, 3.8) is 0 Å². The molecule has 0 aliphatic heterocycles. The first-order chi connectivity index (χ1) is 63.3. The first kappa shape index (κ1) is 88.0. The van der Waals surface area contributed by atoms with E-state index < -0.39 is 20.6 Å². The molecule has 0 aliphatic rings. The highest BCUT2D eigenvalue weighted by Crippen LogP contribution is 2.40. The molecule has 0 aliphatic carbocycles. The first-order valence-corrected chi connectivity index (χ1v) is 45.8. The Hall–Kier alpha value is -15.4. The summed E-state index contributed by atoms with van der Waals surface area (Å²) < 4.78 is 111. The van der Waals surface area contributed by atoms with Crippen LogP contribution < -0.4 is 0 Å². The number of pyridine rings is 5. The van der Waals surface area contributed by atoms with Crippen molar-refractivity contribution in [2.24, 2.45) is 0 Å². The molecule has 0 fully saturated rings. The van der Waals surface area contributed by atoms with Gasteiger partial charge in [-0.1, -0.05) is 97.1 Å². The zero-order valence-corrected chi connectivity index (χ0v) is 73.6. The molecule has 130 heavy (non-hydrogen) atoms. The fourth-order valence-electron chi connectivity index (χ4n) is 13.9. The third-order valence-corrected chi connectivity index (χ3v) is 24.0. The molecular weight excluding hydrogens is 1770 g/mol. The molecular formula is C103H75BrF5N15O3S3. The molecule has 1 unspecified atom stereocenters. The normalized spacial score (nSPS) is 11.2. The Morgan fingerprint density at radius 3 is 0.846 bits per heavy atom. The van der Waals surface area contributed by atoms with Gasteiger partial charge < -0.3 is 0 Å². The van der Waals surface area contributed by atoms with Crippen molar-refractivity contribution in [3.8, 4) is 141 Å². The maximum Gasteiger partial charge on any atom is 0.175 e. The van der Waals surface area contributed by atoms with E-state index in [-0.39, 0.29) is 34.0 Å². The van der Waals surface area contributed by atoms with Crippen molar-refractivity contribution in [1.29, 1.82) is 0 Å². The van der Waals surface area contributed by atoms with Gasteiger partial charge in [-0.05, 0) is 265 Å². The monoisotopic (exact) mass is 1840 g/mol. The summed E-state index contributed by atoms with van der Waals surface area (Å²) in [4.78, 5) is 22.6. The molecule has 10 heterocycles. The fraction of sp³-hybridized carbons (Fsp3) is 0.0291. The molecule has 0 amide bonds. The number of rotatable bonds is 18. The van der Waals surface area contributed by atoms with Crippen LogP contribution >= 0.6 is 27.7 Å². The molecule has 0 bridgehead atoms. The molecule has 10 aromatic heterocycles. The van der Waals surface area contributed by atoms with Crippen LogP contribution in [0.25, 0.3) is 141 Å². The van der Waals surface area contributed by atoms with E-state index in [1.165, 1.54) is 71.8 Å². The Morgan fingerprint density at radius 1 is 0.300 bits per heavy atom. The van der Waals surface area contributed by atoms with Crippen LogP contribution in [0.1, 0.15) is 0 Å². The molecule has 0 N–H and O–H groups in total. The van der Waals surface area contributed by atoms with Crippen molar-refractivity contribution in [3.05, 3.63) is 435 Å². The second-order valence-electron chi connectivity index (χ2n) is 29.0. The Labute approximate surface area is 761 Å². The molecule has 640 valence electrons. The van der Waals surface area contributed by atoms with Crippen LogP contribution in [0.5, 0.6) is 0 Å². The molecule has 18 nitrogen and oxygen atoms in total. The lowest BCUT2D eigenvalue weighted by Gasteiger charge is -2.08. The molecule has 20 aromatic rings. The summed E-state index contributed by atoms with van der Waals surface area (Å²) >= 11 is 5.42. The van der Waals surface area contributed by atoms with Crippen molar-refractivity contribution < 1.29 is 34.6 Å². The van der Waals surface area contributed by atoms with Gasteiger partial charge in [0.1, 0.15) is 34.8 Å². The standard InChI is InChI=1S/C21H16FN3O2S.C21H16FN3OS.C21H16FN3S.C20H13BrFN3.C20H14FN3/c1-28(26,27)19-8-2-15(3-9-19)20-14-21(16-10-12-23-13-11-16)25(24-20)18-6-4-17(22)5-7-18;1-27(26)19-8-2-15(3-9-19)20-14-21(16-10-12-23-13-11-16)25(24-20)18-6-4-17(22)5-7-18;1-26-19-8-2-15(3-9-19)20-14-21(16-10-12-23-13-11-16)25(24-20)18-6-4-17(22)5-7-18;21-18-19(14-4-2-1-3-5-14)24-25(17-8-6-16(22)7-9-17)20(18)15-10-12-23-13-11-15;21-17-6-8-18(9-7-17)24-20(16-10-12-22-13-11-16)14-19(23-24)15-4-2-1-3-5-15/h2-14H,1H3;2-14H,1H3;2-14H,1H3;1-13H;1-14H. The van der Waals surface area contributed by atoms with Crippen LogP contribution in [-0.2, 0) is 20.6 Å². The molecule has 0 spiro atoms. The number of thioether (sulfide) groups is 1. The molecule has 1 atom stereocenters. The maximum absolute atomic E-state index is 13.3. The minimum absolute atomic E-state index is 0.253. The van der Waals surface area contributed by atoms with Crippen molar-refractivity contribution >= 4 is 48.3 Å². The molecule has 20 rings (SSSR count). The lowest BCUT2D eigenvalue weighted by molar-refractivity contribution is 0.601. The summed E-state index contributed by atoms with van der Waals surface area (Å²) in [7, 11) is -4.29. The zero-order valence-electron chi connectivity index (χ0n) is 69.5. The average Bonchev–Trinajstić information content (AvgIpc) is 1.63. The van der Waals surface area contributed by atoms with Gasteiger partial charge in [-0.15, -0.1) is 11.8 Å². The lowest BCUT2D eigenvalue weighted by Crippen LogP contribution is -1.99. The van der Waals surface area contributed by atoms with Gasteiger partial charge >= 0.3 is 0 Å². The minimum Gasteiger partial charge on any atom is -0.265 e. The quantitative estimate of drug-likeness (QED) is 0.0579. The van der Waals surface area contributed by atoms with Gasteiger partial charge in [-0.3, -0.25) is 29.1 Å². The van der Waals surface area contributed by atoms with Crippen LogP contribution in [0.4, 0.5) is 22.0 Å². The van der Waals surface area contributed by atoms with Crippen LogP contribution in [0.2, 0.25) is 0 Å². The topological polar surface area (TPSA) is 205 Å². The summed E-state index contributed by atoms with van der Waals surface area (Å²) in [5.41, 5.74) is 22.0. The van der Waals surface area contributed by atoms with Gasteiger partial charge in [0.05, 0.1) is 89.1 Å². The van der Waals surface area contributed by atoms with Crippen LogP contribution in [0.15, 0.2) is 421 Å². The number of sulfone groups is 1. The van der Waals surface area contributed by atoms with Crippen LogP contribution in [-0.4, -0.2) is 105 Å². The Balaban J connectivity index is 0.000000119.